The first kappa shape index (κ1) is 14.3. The molecule has 1 aromatic carbocycles. The van der Waals surface area contributed by atoms with Crippen LogP contribution < -0.4 is 5.32 Å². The summed E-state index contributed by atoms with van der Waals surface area (Å²) in [5.74, 6) is 1.18. The monoisotopic (exact) mass is 337 g/mol. The minimum absolute atomic E-state index is 0.0347. The van der Waals surface area contributed by atoms with E-state index in [2.05, 4.69) is 5.32 Å². The molecule has 1 aliphatic heterocycles. The lowest BCUT2D eigenvalue weighted by Crippen LogP contribution is -2.10. The molecule has 0 atom stereocenters. The van der Waals surface area contributed by atoms with Crippen LogP contribution in [0.25, 0.3) is 17.4 Å². The molecule has 106 valence electrons. The molecule has 6 heteroatoms. The van der Waals surface area contributed by atoms with Crippen molar-refractivity contribution in [1.82, 2.24) is 5.32 Å². The van der Waals surface area contributed by atoms with E-state index >= 15 is 0 Å². The van der Waals surface area contributed by atoms with E-state index in [0.717, 1.165) is 5.56 Å². The molecule has 1 N–H and O–H groups in total. The summed E-state index contributed by atoms with van der Waals surface area (Å²) >= 11 is 16.8. The Morgan fingerprint density at radius 3 is 2.67 bits per heavy atom. The van der Waals surface area contributed by atoms with Crippen LogP contribution in [-0.2, 0) is 4.79 Å². The Bertz CT molecular complexity index is 780. The minimum Gasteiger partial charge on any atom is -0.457 e. The molecule has 0 radical (unpaired) electrons. The third-order valence-electron chi connectivity index (χ3n) is 3.01. The van der Waals surface area contributed by atoms with Crippen LogP contribution in [0.3, 0.4) is 0 Å². The first-order chi connectivity index (χ1) is 10.0. The molecule has 0 saturated carbocycles. The van der Waals surface area contributed by atoms with Gasteiger partial charge in [0, 0.05) is 11.6 Å². The average molecular weight is 338 g/mol. The Labute approximate surface area is 136 Å². The summed E-state index contributed by atoms with van der Waals surface area (Å²) in [6, 6.07) is 8.84. The molecule has 21 heavy (non-hydrogen) atoms. The molecule has 2 heterocycles. The third kappa shape index (κ3) is 3.02. The lowest BCUT2D eigenvalue weighted by atomic mass is 10.2. The van der Waals surface area contributed by atoms with Crippen molar-refractivity contribution in [2.24, 2.45) is 0 Å². The Balaban J connectivity index is 1.90. The highest BCUT2D eigenvalue weighted by Gasteiger charge is 2.21. The van der Waals surface area contributed by atoms with Crippen molar-refractivity contribution >= 4 is 52.3 Å². The largest absolute Gasteiger partial charge is 0.457 e. The quantitative estimate of drug-likeness (QED) is 0.647. The van der Waals surface area contributed by atoms with Crippen molar-refractivity contribution in [3.8, 4) is 11.3 Å². The van der Waals surface area contributed by atoms with Crippen molar-refractivity contribution < 1.29 is 9.21 Å². The first-order valence-electron chi connectivity index (χ1n) is 6.13. The van der Waals surface area contributed by atoms with Gasteiger partial charge < -0.3 is 9.73 Å². The summed E-state index contributed by atoms with van der Waals surface area (Å²) in [6.45, 7) is 0. The SMILES string of the molecule is O=C1CC(=S)N/C1=C/c1ccc(-c2ccc(Cl)c(Cl)c2)o1. The molecule has 0 unspecified atom stereocenters. The van der Waals surface area contributed by atoms with Crippen molar-refractivity contribution in [2.75, 3.05) is 0 Å². The summed E-state index contributed by atoms with van der Waals surface area (Å²) in [4.78, 5) is 12.2. The molecule has 2 aromatic rings. The van der Waals surface area contributed by atoms with Crippen LogP contribution in [0, 0.1) is 0 Å². The zero-order valence-corrected chi connectivity index (χ0v) is 13.0. The number of carbonyl (C=O) groups excluding carboxylic acids is 1. The number of rotatable bonds is 2. The number of nitrogens with one attached hydrogen (secondary N) is 1. The van der Waals surface area contributed by atoms with Crippen LogP contribution >= 0.6 is 35.4 Å². The first-order valence-corrected chi connectivity index (χ1v) is 7.29. The number of furan rings is 1. The van der Waals surface area contributed by atoms with Crippen LogP contribution in [0.1, 0.15) is 12.2 Å². The number of hydrogen-bond acceptors (Lipinski definition) is 3. The summed E-state index contributed by atoms with van der Waals surface area (Å²) < 4.78 is 5.70. The van der Waals surface area contributed by atoms with E-state index in [1.807, 2.05) is 12.1 Å². The smallest absolute Gasteiger partial charge is 0.185 e. The van der Waals surface area contributed by atoms with Crippen molar-refractivity contribution in [2.45, 2.75) is 6.42 Å². The number of allylic oxidation sites excluding steroid dienone is 1. The molecule has 3 rings (SSSR count). The van der Waals surface area contributed by atoms with Gasteiger partial charge in [-0.15, -0.1) is 0 Å². The summed E-state index contributed by atoms with van der Waals surface area (Å²) in [5, 5.41) is 3.81. The Hall–Kier alpha value is -1.62. The molecule has 0 bridgehead atoms. The van der Waals surface area contributed by atoms with E-state index < -0.39 is 0 Å². The maximum Gasteiger partial charge on any atom is 0.185 e. The molecule has 0 spiro atoms. The molecule has 1 saturated heterocycles. The van der Waals surface area contributed by atoms with Gasteiger partial charge in [0.05, 0.1) is 27.2 Å². The highest BCUT2D eigenvalue weighted by Crippen LogP contribution is 2.30. The summed E-state index contributed by atoms with van der Waals surface area (Å²) in [7, 11) is 0. The molecule has 1 aliphatic rings. The number of Topliss-reactive ketones (excluding diaryl/α,β-unsaturated/α-hetero) is 1. The lowest BCUT2D eigenvalue weighted by Gasteiger charge is -2.00. The fourth-order valence-electron chi connectivity index (χ4n) is 2.00. The van der Waals surface area contributed by atoms with Crippen LogP contribution in [-0.4, -0.2) is 10.8 Å². The topological polar surface area (TPSA) is 42.2 Å². The average Bonchev–Trinajstić information content (AvgIpc) is 3.01. The number of benzene rings is 1. The number of carbonyl (C=O) groups is 1. The number of hydrogen-bond donors (Lipinski definition) is 1. The highest BCUT2D eigenvalue weighted by atomic mass is 35.5. The Morgan fingerprint density at radius 2 is 2.00 bits per heavy atom. The zero-order chi connectivity index (χ0) is 15.0. The number of ketones is 1. The van der Waals surface area contributed by atoms with E-state index in [1.54, 1.807) is 24.3 Å². The van der Waals surface area contributed by atoms with Gasteiger partial charge in [0.2, 0.25) is 0 Å². The van der Waals surface area contributed by atoms with Gasteiger partial charge in [-0.2, -0.15) is 0 Å². The van der Waals surface area contributed by atoms with Gasteiger partial charge in [-0.1, -0.05) is 35.4 Å². The van der Waals surface area contributed by atoms with Gasteiger partial charge in [0.15, 0.2) is 5.78 Å². The van der Waals surface area contributed by atoms with Crippen molar-refractivity contribution in [1.29, 1.82) is 0 Å². The van der Waals surface area contributed by atoms with Crippen molar-refractivity contribution in [3.05, 3.63) is 51.8 Å². The summed E-state index contributed by atoms with van der Waals surface area (Å²) in [5.41, 5.74) is 1.27. The van der Waals surface area contributed by atoms with Crippen LogP contribution in [0.2, 0.25) is 10.0 Å². The maximum atomic E-state index is 11.7. The number of halogens is 2. The predicted octanol–water partition coefficient (Wildman–Crippen LogP) is 4.48. The van der Waals surface area contributed by atoms with Crippen LogP contribution in [0.5, 0.6) is 0 Å². The molecule has 1 fully saturated rings. The molecule has 1 aromatic heterocycles. The van der Waals surface area contributed by atoms with Crippen molar-refractivity contribution in [3.63, 3.8) is 0 Å². The van der Waals surface area contributed by atoms with Gasteiger partial charge in [-0.25, -0.2) is 0 Å². The second-order valence-electron chi connectivity index (χ2n) is 4.54. The molecule has 0 amide bonds. The Morgan fingerprint density at radius 1 is 1.19 bits per heavy atom. The van der Waals surface area contributed by atoms with Crippen LogP contribution in [0.15, 0.2) is 40.4 Å². The summed E-state index contributed by atoms with van der Waals surface area (Å²) in [6.07, 6.45) is 1.89. The normalized spacial score (nSPS) is 16.6. The predicted molar refractivity (Wildman–Crippen MR) is 87.5 cm³/mol. The fourth-order valence-corrected chi connectivity index (χ4v) is 2.54. The van der Waals surface area contributed by atoms with Gasteiger partial charge in [-0.05, 0) is 30.3 Å². The second-order valence-corrected chi connectivity index (χ2v) is 5.84. The second kappa shape index (κ2) is 5.64. The maximum absolute atomic E-state index is 11.7. The van der Waals surface area contributed by atoms with E-state index in [0.29, 0.717) is 32.3 Å². The lowest BCUT2D eigenvalue weighted by molar-refractivity contribution is -0.114. The standard InChI is InChI=1S/C15H9Cl2NO2S/c16-10-3-1-8(5-11(10)17)14-4-2-9(20-14)6-12-13(19)7-15(21)18-12/h1-6H,7H2,(H,18,21)/b12-6+. The van der Waals surface area contributed by atoms with Gasteiger partial charge in [-0.3, -0.25) is 4.79 Å². The van der Waals surface area contributed by atoms with Gasteiger partial charge >= 0.3 is 0 Å². The molecule has 0 aliphatic carbocycles. The Kier molecular flexibility index (Phi) is 3.85. The van der Waals surface area contributed by atoms with E-state index in [9.17, 15) is 4.79 Å². The minimum atomic E-state index is -0.0347. The van der Waals surface area contributed by atoms with Crippen LogP contribution in [0.4, 0.5) is 0 Å². The highest BCUT2D eigenvalue weighted by molar-refractivity contribution is 7.80. The molecule has 3 nitrogen and oxygen atoms in total. The van der Waals surface area contributed by atoms with E-state index in [-0.39, 0.29) is 12.2 Å². The number of thiocarbonyl (C=S) groups is 1. The van der Waals surface area contributed by atoms with Gasteiger partial charge in [0.1, 0.15) is 11.5 Å². The zero-order valence-electron chi connectivity index (χ0n) is 10.7. The van der Waals surface area contributed by atoms with E-state index in [1.165, 1.54) is 0 Å². The molecular weight excluding hydrogens is 329 g/mol. The van der Waals surface area contributed by atoms with Gasteiger partial charge in [0.25, 0.3) is 0 Å². The fraction of sp³-hybridized carbons (Fsp3) is 0.0667. The van der Waals surface area contributed by atoms with E-state index in [4.69, 9.17) is 39.8 Å². The third-order valence-corrected chi connectivity index (χ3v) is 4.00. The molecular formula is C15H9Cl2NO2S.